The van der Waals surface area contributed by atoms with Gasteiger partial charge in [0.15, 0.2) is 0 Å². The van der Waals surface area contributed by atoms with Crippen LogP contribution < -0.4 is 10.0 Å². The minimum Gasteiger partial charge on any atom is -0.394 e. The molecule has 0 radical (unpaired) electrons. The molecule has 25 heavy (non-hydrogen) atoms. The fourth-order valence-electron chi connectivity index (χ4n) is 2.06. The molecule has 0 saturated heterocycles. The number of hydrogen-bond acceptors (Lipinski definition) is 4. The highest BCUT2D eigenvalue weighted by Gasteiger charge is 2.45. The molecule has 0 spiro atoms. The Morgan fingerprint density at radius 2 is 1.80 bits per heavy atom. The number of benzene rings is 1. The Bertz CT molecular complexity index is 636. The number of amides is 1. The van der Waals surface area contributed by atoms with E-state index in [0.717, 1.165) is 5.56 Å². The second-order valence-electron chi connectivity index (χ2n) is 5.44. The van der Waals surface area contributed by atoms with E-state index in [1.165, 1.54) is 4.72 Å². The third-order valence-corrected chi connectivity index (χ3v) is 4.53. The SMILES string of the molecule is O=C(CCCCNS(=O)(=O)C(F)(F)F)N[C@H](CO)Cc1ccccc1. The summed E-state index contributed by atoms with van der Waals surface area (Å²) in [6, 6.07) is 8.80. The molecule has 142 valence electrons. The summed E-state index contributed by atoms with van der Waals surface area (Å²) in [5, 5.41) is 12.0. The van der Waals surface area contributed by atoms with Crippen molar-refractivity contribution in [1.82, 2.24) is 10.0 Å². The van der Waals surface area contributed by atoms with Gasteiger partial charge in [0.1, 0.15) is 0 Å². The summed E-state index contributed by atoms with van der Waals surface area (Å²) in [6.45, 7) is -0.644. The summed E-state index contributed by atoms with van der Waals surface area (Å²) in [5.74, 6) is -0.353. The summed E-state index contributed by atoms with van der Waals surface area (Å²) in [5.41, 5.74) is -4.39. The molecule has 0 saturated carbocycles. The highest BCUT2D eigenvalue weighted by atomic mass is 32.2. The molecule has 1 rings (SSSR count). The van der Waals surface area contributed by atoms with E-state index in [2.05, 4.69) is 5.32 Å². The molecule has 1 atom stereocenters. The lowest BCUT2D eigenvalue weighted by atomic mass is 10.1. The molecular formula is C15H21F3N2O4S. The van der Waals surface area contributed by atoms with Crippen LogP contribution in [0.25, 0.3) is 0 Å². The molecule has 6 nitrogen and oxygen atoms in total. The van der Waals surface area contributed by atoms with Gasteiger partial charge < -0.3 is 10.4 Å². The Morgan fingerprint density at radius 1 is 1.16 bits per heavy atom. The van der Waals surface area contributed by atoms with Crippen molar-refractivity contribution in [2.75, 3.05) is 13.2 Å². The van der Waals surface area contributed by atoms with Crippen molar-refractivity contribution in [3.05, 3.63) is 35.9 Å². The van der Waals surface area contributed by atoms with Gasteiger partial charge in [0.05, 0.1) is 12.6 Å². The van der Waals surface area contributed by atoms with Crippen molar-refractivity contribution in [2.24, 2.45) is 0 Å². The number of rotatable bonds is 10. The number of nitrogens with one attached hydrogen (secondary N) is 2. The van der Waals surface area contributed by atoms with E-state index in [4.69, 9.17) is 0 Å². The van der Waals surface area contributed by atoms with E-state index in [-0.39, 0.29) is 31.8 Å². The number of carbonyl (C=O) groups is 1. The fraction of sp³-hybridized carbons (Fsp3) is 0.533. The highest BCUT2D eigenvalue weighted by Crippen LogP contribution is 2.21. The average molecular weight is 382 g/mol. The molecule has 1 aromatic carbocycles. The Morgan fingerprint density at radius 3 is 2.36 bits per heavy atom. The van der Waals surface area contributed by atoms with Crippen LogP contribution in [-0.2, 0) is 21.2 Å². The smallest absolute Gasteiger partial charge is 0.394 e. The fourth-order valence-corrected chi connectivity index (χ4v) is 2.64. The second-order valence-corrected chi connectivity index (χ2v) is 7.20. The zero-order valence-electron chi connectivity index (χ0n) is 13.4. The Balaban J connectivity index is 2.28. The van der Waals surface area contributed by atoms with E-state index in [0.29, 0.717) is 6.42 Å². The van der Waals surface area contributed by atoms with Gasteiger partial charge >= 0.3 is 15.5 Å². The molecule has 0 unspecified atom stereocenters. The zero-order chi connectivity index (χ0) is 18.9. The van der Waals surface area contributed by atoms with Crippen molar-refractivity contribution in [1.29, 1.82) is 0 Å². The average Bonchev–Trinajstić information content (AvgIpc) is 2.53. The van der Waals surface area contributed by atoms with Crippen molar-refractivity contribution in [3.63, 3.8) is 0 Å². The zero-order valence-corrected chi connectivity index (χ0v) is 14.2. The van der Waals surface area contributed by atoms with Crippen LogP contribution in [0.1, 0.15) is 24.8 Å². The third-order valence-electron chi connectivity index (χ3n) is 3.34. The van der Waals surface area contributed by atoms with Crippen molar-refractivity contribution in [2.45, 2.75) is 37.2 Å². The number of sulfonamides is 1. The molecule has 0 heterocycles. The van der Waals surface area contributed by atoms with E-state index in [9.17, 15) is 31.5 Å². The summed E-state index contributed by atoms with van der Waals surface area (Å²) in [6.07, 6.45) is 0.786. The van der Waals surface area contributed by atoms with E-state index >= 15 is 0 Å². The van der Waals surface area contributed by atoms with E-state index in [1.54, 1.807) is 0 Å². The summed E-state index contributed by atoms with van der Waals surface area (Å²) in [7, 11) is -5.34. The van der Waals surface area contributed by atoms with Gasteiger partial charge in [-0.25, -0.2) is 13.1 Å². The molecule has 3 N–H and O–H groups in total. The first-order valence-corrected chi connectivity index (χ1v) is 9.14. The minimum atomic E-state index is -5.34. The third kappa shape index (κ3) is 7.84. The lowest BCUT2D eigenvalue weighted by molar-refractivity contribution is -0.122. The molecule has 0 aromatic heterocycles. The first-order valence-electron chi connectivity index (χ1n) is 7.66. The number of aliphatic hydroxyl groups is 1. The number of halogens is 3. The Hall–Kier alpha value is -1.65. The molecule has 0 aliphatic heterocycles. The number of aliphatic hydroxyl groups excluding tert-OH is 1. The Labute approximate surface area is 144 Å². The second kappa shape index (κ2) is 9.73. The maximum Gasteiger partial charge on any atom is 0.511 e. The summed E-state index contributed by atoms with van der Waals surface area (Å²) >= 11 is 0. The molecule has 0 bridgehead atoms. The molecule has 0 aliphatic carbocycles. The van der Waals surface area contributed by atoms with E-state index in [1.807, 2.05) is 30.3 Å². The van der Waals surface area contributed by atoms with Crippen molar-refractivity contribution in [3.8, 4) is 0 Å². The highest BCUT2D eigenvalue weighted by molar-refractivity contribution is 7.90. The topological polar surface area (TPSA) is 95.5 Å². The standard InChI is InChI=1S/C15H21F3N2O4S/c16-15(17,18)25(23,24)19-9-5-4-8-14(22)20-13(11-21)10-12-6-2-1-3-7-12/h1-3,6-7,13,19,21H,4-5,8-11H2,(H,20,22)/t13-/m0/s1. The van der Waals surface area contributed by atoms with Gasteiger partial charge in [-0.1, -0.05) is 30.3 Å². The minimum absolute atomic E-state index is 0.0268. The van der Waals surface area contributed by atoms with Crippen molar-refractivity contribution < 1.29 is 31.5 Å². The number of alkyl halides is 3. The van der Waals surface area contributed by atoms with Crippen LogP contribution >= 0.6 is 0 Å². The van der Waals surface area contributed by atoms with Crippen LogP contribution in [0.3, 0.4) is 0 Å². The molecular weight excluding hydrogens is 361 g/mol. The van der Waals surface area contributed by atoms with Gasteiger partial charge in [0.2, 0.25) is 5.91 Å². The number of hydrogen-bond donors (Lipinski definition) is 3. The molecule has 1 aromatic rings. The van der Waals surface area contributed by atoms with Gasteiger partial charge in [-0.2, -0.15) is 13.2 Å². The lowest BCUT2D eigenvalue weighted by Gasteiger charge is -2.16. The maximum atomic E-state index is 12.1. The van der Waals surface area contributed by atoms with Gasteiger partial charge in [-0.3, -0.25) is 4.79 Å². The monoisotopic (exact) mass is 382 g/mol. The summed E-state index contributed by atoms with van der Waals surface area (Å²) < 4.78 is 59.2. The van der Waals surface area contributed by atoms with Crippen LogP contribution in [0.4, 0.5) is 13.2 Å². The predicted octanol–water partition coefficient (Wildman–Crippen LogP) is 1.32. The first kappa shape index (κ1) is 21.4. The summed E-state index contributed by atoms with van der Waals surface area (Å²) in [4.78, 5) is 11.8. The van der Waals surface area contributed by atoms with Crippen LogP contribution in [0.5, 0.6) is 0 Å². The van der Waals surface area contributed by atoms with Crippen LogP contribution in [-0.4, -0.2) is 44.1 Å². The number of carbonyl (C=O) groups excluding carboxylic acids is 1. The molecule has 0 fully saturated rings. The van der Waals surface area contributed by atoms with Crippen LogP contribution in [0.15, 0.2) is 30.3 Å². The quantitative estimate of drug-likeness (QED) is 0.532. The normalized spacial score (nSPS) is 13.4. The molecule has 10 heteroatoms. The van der Waals surface area contributed by atoms with Crippen LogP contribution in [0, 0.1) is 0 Å². The van der Waals surface area contributed by atoms with Gasteiger partial charge in [-0.15, -0.1) is 0 Å². The first-order chi connectivity index (χ1) is 11.7. The van der Waals surface area contributed by atoms with Crippen LogP contribution in [0.2, 0.25) is 0 Å². The van der Waals surface area contributed by atoms with E-state index < -0.39 is 28.1 Å². The maximum absolute atomic E-state index is 12.1. The molecule has 0 aliphatic rings. The van der Waals surface area contributed by atoms with Gasteiger partial charge in [-0.05, 0) is 24.8 Å². The largest absolute Gasteiger partial charge is 0.511 e. The lowest BCUT2D eigenvalue weighted by Crippen LogP contribution is -2.39. The van der Waals surface area contributed by atoms with Gasteiger partial charge in [0.25, 0.3) is 0 Å². The Kier molecular flexibility index (Phi) is 8.33. The molecule has 1 amide bonds. The number of unbranched alkanes of at least 4 members (excludes halogenated alkanes) is 1. The predicted molar refractivity (Wildman–Crippen MR) is 86.0 cm³/mol. The van der Waals surface area contributed by atoms with Crippen molar-refractivity contribution >= 4 is 15.9 Å². The van der Waals surface area contributed by atoms with Gasteiger partial charge in [0, 0.05) is 13.0 Å².